The second-order valence-corrected chi connectivity index (χ2v) is 5.53. The van der Waals surface area contributed by atoms with E-state index in [1.165, 1.54) is 14.2 Å². The number of phenols is 1. The Labute approximate surface area is 125 Å². The summed E-state index contributed by atoms with van der Waals surface area (Å²) in [6.07, 6.45) is 0.0693. The largest absolute Gasteiger partial charge is 0.504 e. The van der Waals surface area contributed by atoms with Gasteiger partial charge in [-0.25, -0.2) is 4.79 Å². The summed E-state index contributed by atoms with van der Waals surface area (Å²) in [5.41, 5.74) is 0.298. The normalized spacial score (nSPS) is 10.9. The number of hydrogen-bond donors (Lipinski definition) is 2. The van der Waals surface area contributed by atoms with Crippen molar-refractivity contribution in [3.05, 3.63) is 17.7 Å². The predicted octanol–water partition coefficient (Wildman–Crippen LogP) is 2.48. The van der Waals surface area contributed by atoms with Crippen molar-refractivity contribution in [2.24, 2.45) is 0 Å². The number of nitrogens with one attached hydrogen (secondary N) is 1. The Bertz CT molecular complexity index is 494. The Morgan fingerprint density at radius 3 is 2.43 bits per heavy atom. The highest BCUT2D eigenvalue weighted by atomic mass is 16.6. The molecule has 118 valence electrons. The van der Waals surface area contributed by atoms with E-state index in [1.807, 2.05) is 0 Å². The Hall–Kier alpha value is -2.11. The molecule has 0 fully saturated rings. The molecule has 1 aromatic rings. The van der Waals surface area contributed by atoms with Crippen molar-refractivity contribution in [2.75, 3.05) is 20.8 Å². The number of carbonyl (C=O) groups is 1. The van der Waals surface area contributed by atoms with Crippen LogP contribution in [0.25, 0.3) is 0 Å². The lowest BCUT2D eigenvalue weighted by Gasteiger charge is -2.19. The lowest BCUT2D eigenvalue weighted by Crippen LogP contribution is -2.33. The van der Waals surface area contributed by atoms with Crippen molar-refractivity contribution in [1.82, 2.24) is 5.32 Å². The molecular weight excluding hydrogens is 274 g/mol. The van der Waals surface area contributed by atoms with Crippen molar-refractivity contribution in [2.45, 2.75) is 32.8 Å². The highest BCUT2D eigenvalue weighted by Crippen LogP contribution is 2.37. The third-order valence-electron chi connectivity index (χ3n) is 2.60. The van der Waals surface area contributed by atoms with Crippen molar-refractivity contribution in [3.8, 4) is 17.2 Å². The van der Waals surface area contributed by atoms with Crippen molar-refractivity contribution < 1.29 is 24.1 Å². The van der Waals surface area contributed by atoms with Gasteiger partial charge in [0.15, 0.2) is 11.5 Å². The standard InChI is InChI=1S/C15H23NO5/c1-15(2,3)21-14(18)16-7-6-10-8-11(17)13(20-5)12(9-10)19-4/h8-9,17H,6-7H2,1-5H3,(H,16,18). The molecule has 0 saturated carbocycles. The smallest absolute Gasteiger partial charge is 0.407 e. The molecule has 6 heteroatoms. The van der Waals surface area contributed by atoms with Crippen LogP contribution >= 0.6 is 0 Å². The zero-order chi connectivity index (χ0) is 16.0. The van der Waals surface area contributed by atoms with E-state index in [2.05, 4.69) is 5.32 Å². The molecule has 0 bridgehead atoms. The SMILES string of the molecule is COc1cc(CCNC(=O)OC(C)(C)C)cc(O)c1OC. The van der Waals surface area contributed by atoms with Crippen LogP contribution in [0.15, 0.2) is 12.1 Å². The first-order valence-corrected chi connectivity index (χ1v) is 6.67. The number of rotatable bonds is 5. The predicted molar refractivity (Wildman–Crippen MR) is 79.2 cm³/mol. The van der Waals surface area contributed by atoms with Crippen molar-refractivity contribution >= 4 is 6.09 Å². The molecule has 0 aliphatic heterocycles. The number of amides is 1. The molecule has 1 rings (SSSR count). The molecule has 0 spiro atoms. The molecular formula is C15H23NO5. The minimum atomic E-state index is -0.522. The highest BCUT2D eigenvalue weighted by molar-refractivity contribution is 5.67. The molecule has 0 unspecified atom stereocenters. The van der Waals surface area contributed by atoms with Gasteiger partial charge in [0.25, 0.3) is 0 Å². The van der Waals surface area contributed by atoms with Crippen molar-refractivity contribution in [1.29, 1.82) is 0 Å². The van der Waals surface area contributed by atoms with Gasteiger partial charge in [-0.3, -0.25) is 0 Å². The van der Waals surface area contributed by atoms with E-state index in [0.717, 1.165) is 5.56 Å². The first-order valence-electron chi connectivity index (χ1n) is 6.67. The Balaban J connectivity index is 2.60. The van der Waals surface area contributed by atoms with E-state index in [9.17, 15) is 9.90 Å². The Kier molecular flexibility index (Phi) is 5.69. The molecule has 6 nitrogen and oxygen atoms in total. The van der Waals surface area contributed by atoms with E-state index < -0.39 is 11.7 Å². The van der Waals surface area contributed by atoms with E-state index in [1.54, 1.807) is 32.9 Å². The minimum Gasteiger partial charge on any atom is -0.504 e. The van der Waals surface area contributed by atoms with Crippen LogP contribution in [0.4, 0.5) is 4.79 Å². The molecule has 0 aliphatic carbocycles. The summed E-state index contributed by atoms with van der Waals surface area (Å²) in [7, 11) is 2.96. The Morgan fingerprint density at radius 2 is 1.90 bits per heavy atom. The van der Waals surface area contributed by atoms with Crippen LogP contribution in [0.2, 0.25) is 0 Å². The Morgan fingerprint density at radius 1 is 1.24 bits per heavy atom. The zero-order valence-electron chi connectivity index (χ0n) is 13.1. The lowest BCUT2D eigenvalue weighted by molar-refractivity contribution is 0.0528. The van der Waals surface area contributed by atoms with Crippen LogP contribution in [0, 0.1) is 0 Å². The van der Waals surface area contributed by atoms with Gasteiger partial charge in [0.05, 0.1) is 14.2 Å². The number of phenolic OH excluding ortho intramolecular Hbond substituents is 1. The molecule has 1 aromatic carbocycles. The maximum absolute atomic E-state index is 11.5. The summed E-state index contributed by atoms with van der Waals surface area (Å²) in [6.45, 7) is 5.81. The molecule has 0 radical (unpaired) electrons. The highest BCUT2D eigenvalue weighted by Gasteiger charge is 2.16. The minimum absolute atomic E-state index is 0.00381. The maximum Gasteiger partial charge on any atom is 0.407 e. The van der Waals surface area contributed by atoms with E-state index in [-0.39, 0.29) is 5.75 Å². The monoisotopic (exact) mass is 297 g/mol. The number of benzene rings is 1. The summed E-state index contributed by atoms with van der Waals surface area (Å²) >= 11 is 0. The zero-order valence-corrected chi connectivity index (χ0v) is 13.1. The number of carbonyl (C=O) groups excluding carboxylic acids is 1. The van der Waals surface area contributed by atoms with Crippen LogP contribution in [0.1, 0.15) is 26.3 Å². The molecule has 0 saturated heterocycles. The summed E-state index contributed by atoms with van der Waals surface area (Å²) in [6, 6.07) is 3.34. The topological polar surface area (TPSA) is 77.0 Å². The van der Waals surface area contributed by atoms with Crippen LogP contribution in [0.3, 0.4) is 0 Å². The van der Waals surface area contributed by atoms with Gasteiger partial charge in [-0.2, -0.15) is 0 Å². The van der Waals surface area contributed by atoms with Crippen LogP contribution < -0.4 is 14.8 Å². The van der Waals surface area contributed by atoms with Gasteiger partial charge in [0, 0.05) is 6.54 Å². The average Bonchev–Trinajstić information content (AvgIpc) is 2.35. The third kappa shape index (κ3) is 5.41. The fourth-order valence-electron chi connectivity index (χ4n) is 1.77. The third-order valence-corrected chi connectivity index (χ3v) is 2.60. The van der Waals surface area contributed by atoms with E-state index in [0.29, 0.717) is 24.5 Å². The summed E-state index contributed by atoms with van der Waals surface area (Å²) in [4.78, 5) is 11.5. The number of hydrogen-bond acceptors (Lipinski definition) is 5. The molecule has 0 heterocycles. The molecule has 1 amide bonds. The van der Waals surface area contributed by atoms with E-state index >= 15 is 0 Å². The second-order valence-electron chi connectivity index (χ2n) is 5.53. The maximum atomic E-state index is 11.5. The van der Waals surface area contributed by atoms with E-state index in [4.69, 9.17) is 14.2 Å². The van der Waals surface area contributed by atoms with Gasteiger partial charge in [-0.15, -0.1) is 0 Å². The van der Waals surface area contributed by atoms with Gasteiger partial charge < -0.3 is 24.6 Å². The van der Waals surface area contributed by atoms with Gasteiger partial charge in [0.1, 0.15) is 5.60 Å². The lowest BCUT2D eigenvalue weighted by atomic mass is 10.1. The summed E-state index contributed by atoms with van der Waals surface area (Å²) < 4.78 is 15.3. The summed E-state index contributed by atoms with van der Waals surface area (Å²) in [5.74, 6) is 0.746. The van der Waals surface area contributed by atoms with Gasteiger partial charge in [0.2, 0.25) is 5.75 Å². The molecule has 0 aromatic heterocycles. The second kappa shape index (κ2) is 7.06. The fraction of sp³-hybridized carbons (Fsp3) is 0.533. The molecule has 2 N–H and O–H groups in total. The first kappa shape index (κ1) is 16.9. The fourth-order valence-corrected chi connectivity index (χ4v) is 1.77. The summed E-state index contributed by atoms with van der Waals surface area (Å²) in [5, 5.41) is 12.5. The van der Waals surface area contributed by atoms with Crippen LogP contribution in [0.5, 0.6) is 17.2 Å². The average molecular weight is 297 g/mol. The van der Waals surface area contributed by atoms with Crippen LogP contribution in [-0.4, -0.2) is 37.6 Å². The molecule has 21 heavy (non-hydrogen) atoms. The molecule has 0 atom stereocenters. The van der Waals surface area contributed by atoms with Gasteiger partial charge in [-0.1, -0.05) is 0 Å². The number of aromatic hydroxyl groups is 1. The number of ether oxygens (including phenoxy) is 3. The number of alkyl carbamates (subject to hydrolysis) is 1. The number of methoxy groups -OCH3 is 2. The van der Waals surface area contributed by atoms with Crippen LogP contribution in [-0.2, 0) is 11.2 Å². The quantitative estimate of drug-likeness (QED) is 0.873. The molecule has 0 aliphatic rings. The van der Waals surface area contributed by atoms with Gasteiger partial charge >= 0.3 is 6.09 Å². The van der Waals surface area contributed by atoms with Crippen molar-refractivity contribution in [3.63, 3.8) is 0 Å². The first-order chi connectivity index (χ1) is 9.76. The van der Waals surface area contributed by atoms with Gasteiger partial charge in [-0.05, 0) is 44.9 Å².